The van der Waals surface area contributed by atoms with Crippen molar-refractivity contribution >= 4 is 46.8 Å². The van der Waals surface area contributed by atoms with Crippen LogP contribution in [0.25, 0.3) is 0 Å². The second kappa shape index (κ2) is 13.6. The van der Waals surface area contributed by atoms with E-state index in [-0.39, 0.29) is 36.8 Å². The molecular formula is C37H46ClN3O4S. The Morgan fingerprint density at radius 3 is 2.39 bits per heavy atom. The topological polar surface area (TPSA) is 81.2 Å². The molecule has 7 nitrogen and oxygen atoms in total. The number of aliphatic hydroxyl groups is 1. The number of fused-ring (bicyclic) bond motifs is 1. The number of rotatable bonds is 13. The Morgan fingerprint density at radius 2 is 1.78 bits per heavy atom. The van der Waals surface area contributed by atoms with Crippen molar-refractivity contribution in [3.63, 3.8) is 0 Å². The van der Waals surface area contributed by atoms with Gasteiger partial charge in [-0.2, -0.15) is 0 Å². The minimum Gasteiger partial charge on any atom is -0.394 e. The molecule has 0 aliphatic carbocycles. The number of carbonyl (C=O) groups excluding carboxylic acids is 3. The van der Waals surface area contributed by atoms with Crippen LogP contribution in [0, 0.1) is 24.7 Å². The standard InChI is InChI=1S/C37H46ClN3O4S/c1-7-19-39(22-26-14-10-9-11-15-26)33(43)29-30-34(44)41(27(23-42)21-24(3)4)32(37(30)18-17-36(29,6)46-37)35(45)40(20-8-2)31-25(5)13-12-16-28(31)38/h7-16,24,27,29-30,32,42H,1-2,17-23H2,3-6H3/t27-,29+,30+,32?,36-,37?/m1/s1. The van der Waals surface area contributed by atoms with E-state index in [1.54, 1.807) is 44.7 Å². The lowest BCUT2D eigenvalue weighted by atomic mass is 9.66. The lowest BCUT2D eigenvalue weighted by Crippen LogP contribution is -2.58. The van der Waals surface area contributed by atoms with E-state index in [9.17, 15) is 14.7 Å². The van der Waals surface area contributed by atoms with Crippen molar-refractivity contribution < 1.29 is 19.5 Å². The van der Waals surface area contributed by atoms with Crippen LogP contribution < -0.4 is 4.90 Å². The van der Waals surface area contributed by atoms with Crippen LogP contribution in [-0.4, -0.2) is 73.9 Å². The van der Waals surface area contributed by atoms with Gasteiger partial charge in [-0.25, -0.2) is 0 Å². The number of carbonyl (C=O) groups is 3. The molecule has 2 aromatic rings. The summed E-state index contributed by atoms with van der Waals surface area (Å²) in [7, 11) is 0. The summed E-state index contributed by atoms with van der Waals surface area (Å²) in [5.41, 5.74) is 2.41. The van der Waals surface area contributed by atoms with E-state index in [4.69, 9.17) is 11.6 Å². The van der Waals surface area contributed by atoms with Gasteiger partial charge in [0.1, 0.15) is 6.04 Å². The van der Waals surface area contributed by atoms with Crippen molar-refractivity contribution in [2.45, 2.75) is 75.1 Å². The molecule has 9 heteroatoms. The van der Waals surface area contributed by atoms with Crippen LogP contribution in [0.4, 0.5) is 5.69 Å². The maximum Gasteiger partial charge on any atom is 0.251 e. The van der Waals surface area contributed by atoms with Crippen molar-refractivity contribution in [1.82, 2.24) is 9.80 Å². The van der Waals surface area contributed by atoms with Crippen molar-refractivity contribution in [3.8, 4) is 0 Å². The summed E-state index contributed by atoms with van der Waals surface area (Å²) < 4.78 is -1.37. The molecule has 2 unspecified atom stereocenters. The molecule has 46 heavy (non-hydrogen) atoms. The third-order valence-electron chi connectivity index (χ3n) is 9.98. The zero-order chi connectivity index (χ0) is 33.4. The monoisotopic (exact) mass is 663 g/mol. The highest BCUT2D eigenvalue weighted by Crippen LogP contribution is 2.72. The molecule has 3 aliphatic heterocycles. The molecule has 0 saturated carbocycles. The van der Waals surface area contributed by atoms with Crippen LogP contribution in [0.2, 0.25) is 5.02 Å². The number of hydrogen-bond acceptors (Lipinski definition) is 5. The number of benzene rings is 2. The summed E-state index contributed by atoms with van der Waals surface area (Å²) in [5.74, 6) is -1.75. The van der Waals surface area contributed by atoms with Gasteiger partial charge in [-0.05, 0) is 56.2 Å². The number of aryl methyl sites for hydroxylation is 1. The van der Waals surface area contributed by atoms with Crippen LogP contribution in [-0.2, 0) is 20.9 Å². The Kier molecular flexibility index (Phi) is 10.1. The number of aliphatic hydroxyl groups excluding tert-OH is 1. The SMILES string of the molecule is C=CCN(Cc1ccccc1)C(=O)[C@@H]1[C@H]2C(=O)N([C@@H](CO)CC(C)C)C(C(=O)N(CC=C)c3c(C)cccc3Cl)C23CC[C@@]1(C)S3. The van der Waals surface area contributed by atoms with E-state index < -0.39 is 33.4 Å². The number of amides is 3. The molecule has 1 N–H and O–H groups in total. The fourth-order valence-electron chi connectivity index (χ4n) is 8.15. The summed E-state index contributed by atoms with van der Waals surface area (Å²) in [6.07, 6.45) is 5.22. The number of hydrogen-bond donors (Lipinski definition) is 1. The Bertz CT molecular complexity index is 1480. The molecule has 3 fully saturated rings. The van der Waals surface area contributed by atoms with Crippen LogP contribution >= 0.6 is 23.4 Å². The van der Waals surface area contributed by atoms with Gasteiger partial charge in [0.25, 0.3) is 5.91 Å². The highest BCUT2D eigenvalue weighted by Gasteiger charge is 2.78. The van der Waals surface area contributed by atoms with Crippen LogP contribution in [0.5, 0.6) is 0 Å². The molecule has 3 amide bonds. The molecule has 3 aliphatic rings. The number of anilines is 1. The molecule has 3 heterocycles. The fourth-order valence-corrected chi connectivity index (χ4v) is 10.8. The van der Waals surface area contributed by atoms with Gasteiger partial charge in [0.05, 0.1) is 39.9 Å². The minimum absolute atomic E-state index is 0.0963. The van der Waals surface area contributed by atoms with Gasteiger partial charge in [0.15, 0.2) is 0 Å². The molecular weight excluding hydrogens is 618 g/mol. The van der Waals surface area contributed by atoms with Gasteiger partial charge in [-0.1, -0.05) is 80.1 Å². The number of nitrogens with zero attached hydrogens (tertiary/aromatic N) is 3. The van der Waals surface area contributed by atoms with E-state index >= 15 is 4.79 Å². The van der Waals surface area contributed by atoms with Gasteiger partial charge in [0.2, 0.25) is 11.8 Å². The third-order valence-corrected chi connectivity index (χ3v) is 12.3. The van der Waals surface area contributed by atoms with Gasteiger partial charge < -0.3 is 19.8 Å². The maximum atomic E-state index is 15.1. The lowest BCUT2D eigenvalue weighted by Gasteiger charge is -2.40. The predicted octanol–water partition coefficient (Wildman–Crippen LogP) is 6.27. The van der Waals surface area contributed by atoms with E-state index in [1.807, 2.05) is 63.2 Å². The smallest absolute Gasteiger partial charge is 0.251 e. The summed E-state index contributed by atoms with van der Waals surface area (Å²) in [6.45, 7) is 16.6. The average molecular weight is 664 g/mol. The molecule has 246 valence electrons. The van der Waals surface area contributed by atoms with Crippen LogP contribution in [0.15, 0.2) is 73.8 Å². The second-order valence-electron chi connectivity index (χ2n) is 13.6. The molecule has 5 rings (SSSR count). The highest BCUT2D eigenvalue weighted by atomic mass is 35.5. The fraction of sp³-hybridized carbons (Fsp3) is 0.486. The van der Waals surface area contributed by atoms with Gasteiger partial charge >= 0.3 is 0 Å². The summed E-state index contributed by atoms with van der Waals surface area (Å²) >= 11 is 8.36. The van der Waals surface area contributed by atoms with Gasteiger partial charge in [0, 0.05) is 24.4 Å². The maximum absolute atomic E-state index is 15.1. The Balaban J connectivity index is 1.63. The van der Waals surface area contributed by atoms with Crippen molar-refractivity contribution in [2.24, 2.45) is 17.8 Å². The molecule has 0 radical (unpaired) electrons. The van der Waals surface area contributed by atoms with Crippen molar-refractivity contribution in [3.05, 3.63) is 90.0 Å². The minimum atomic E-state index is -0.886. The average Bonchev–Trinajstić information content (AvgIpc) is 3.59. The number of halogens is 1. The Labute approximate surface area is 282 Å². The van der Waals surface area contributed by atoms with Crippen molar-refractivity contribution in [2.75, 3.05) is 24.6 Å². The molecule has 0 aromatic heterocycles. The summed E-state index contributed by atoms with van der Waals surface area (Å²) in [6, 6.07) is 13.9. The Hall–Kier alpha value is -3.07. The zero-order valence-corrected chi connectivity index (χ0v) is 28.9. The van der Waals surface area contributed by atoms with Crippen LogP contribution in [0.1, 0.15) is 51.2 Å². The van der Waals surface area contributed by atoms with Gasteiger partial charge in [-0.15, -0.1) is 24.9 Å². The second-order valence-corrected chi connectivity index (χ2v) is 15.9. The molecule has 2 bridgehead atoms. The quantitative estimate of drug-likeness (QED) is 0.256. The first-order valence-electron chi connectivity index (χ1n) is 16.2. The molecule has 3 saturated heterocycles. The van der Waals surface area contributed by atoms with Gasteiger partial charge in [-0.3, -0.25) is 14.4 Å². The normalized spacial score (nSPS) is 27.1. The first-order valence-corrected chi connectivity index (χ1v) is 17.4. The highest BCUT2D eigenvalue weighted by molar-refractivity contribution is 8.02. The molecule has 6 atom stereocenters. The third kappa shape index (κ3) is 5.82. The van der Waals surface area contributed by atoms with E-state index in [0.717, 1.165) is 11.1 Å². The van der Waals surface area contributed by atoms with E-state index in [0.29, 0.717) is 43.1 Å². The number of para-hydroxylation sites is 1. The summed E-state index contributed by atoms with van der Waals surface area (Å²) in [5, 5.41) is 11.2. The number of likely N-dealkylation sites (tertiary alicyclic amines) is 1. The predicted molar refractivity (Wildman–Crippen MR) is 187 cm³/mol. The largest absolute Gasteiger partial charge is 0.394 e. The first-order chi connectivity index (χ1) is 21.9. The van der Waals surface area contributed by atoms with E-state index in [2.05, 4.69) is 20.1 Å². The first kappa shape index (κ1) is 34.3. The van der Waals surface area contributed by atoms with Crippen molar-refractivity contribution in [1.29, 1.82) is 0 Å². The zero-order valence-electron chi connectivity index (χ0n) is 27.3. The lowest BCUT2D eigenvalue weighted by molar-refractivity contribution is -0.147. The molecule has 2 aromatic carbocycles. The van der Waals surface area contributed by atoms with Crippen LogP contribution in [0.3, 0.4) is 0 Å². The molecule has 1 spiro atoms. The number of thioether (sulfide) groups is 1. The summed E-state index contributed by atoms with van der Waals surface area (Å²) in [4.78, 5) is 49.8. The Morgan fingerprint density at radius 1 is 1.09 bits per heavy atom. The van der Waals surface area contributed by atoms with E-state index in [1.165, 1.54) is 0 Å².